The van der Waals surface area contributed by atoms with Gasteiger partial charge in [-0.25, -0.2) is 14.2 Å². The maximum Gasteiger partial charge on any atom is 0.329 e. The summed E-state index contributed by atoms with van der Waals surface area (Å²) in [6.07, 6.45) is 0.629. The fraction of sp³-hybridized carbons (Fsp3) is 0.222. The lowest BCUT2D eigenvalue weighted by molar-refractivity contribution is 0.102. The van der Waals surface area contributed by atoms with Crippen LogP contribution in [0.3, 0.4) is 0 Å². The molecule has 3 aromatic rings. The molecule has 0 atom stereocenters. The lowest BCUT2D eigenvalue weighted by Gasteiger charge is -2.10. The Hall–Kier alpha value is -2.72. The molecule has 3 N–H and O–H groups in total. The highest BCUT2D eigenvalue weighted by Crippen LogP contribution is 2.28. The van der Waals surface area contributed by atoms with Gasteiger partial charge in [0.05, 0.1) is 11.4 Å². The van der Waals surface area contributed by atoms with E-state index in [1.165, 1.54) is 39.8 Å². The molecular weight excluding hydrogens is 403 g/mol. The van der Waals surface area contributed by atoms with Crippen molar-refractivity contribution in [2.45, 2.75) is 24.2 Å². The van der Waals surface area contributed by atoms with E-state index in [0.29, 0.717) is 23.0 Å². The molecule has 7 nitrogen and oxygen atoms in total. The third kappa shape index (κ3) is 4.23. The Morgan fingerprint density at radius 1 is 1.32 bits per heavy atom. The van der Waals surface area contributed by atoms with Crippen molar-refractivity contribution >= 4 is 34.7 Å². The highest BCUT2D eigenvalue weighted by atomic mass is 32.2. The summed E-state index contributed by atoms with van der Waals surface area (Å²) < 4.78 is 14.8. The monoisotopic (exact) mass is 420 g/mol. The Morgan fingerprint density at radius 2 is 2.04 bits per heavy atom. The Bertz CT molecular complexity index is 1120. The van der Waals surface area contributed by atoms with Crippen molar-refractivity contribution < 1.29 is 9.18 Å². The van der Waals surface area contributed by atoms with Crippen molar-refractivity contribution in [2.75, 3.05) is 11.5 Å². The quantitative estimate of drug-likeness (QED) is 0.449. The summed E-state index contributed by atoms with van der Waals surface area (Å²) in [6.45, 7) is 2.16. The number of aromatic nitrogens is 3. The topological polar surface area (TPSA) is 111 Å². The first kappa shape index (κ1) is 20.0. The summed E-state index contributed by atoms with van der Waals surface area (Å²) in [5, 5.41) is 1.81. The summed E-state index contributed by atoms with van der Waals surface area (Å²) in [7, 11) is 0. The maximum atomic E-state index is 13.0. The Balaban J connectivity index is 1.76. The summed E-state index contributed by atoms with van der Waals surface area (Å²) in [5.41, 5.74) is 5.72. The number of nitrogens with zero attached hydrogens (tertiary/aromatic N) is 2. The summed E-state index contributed by atoms with van der Waals surface area (Å²) in [4.78, 5) is 43.0. The molecule has 1 aromatic carbocycles. The predicted molar refractivity (Wildman–Crippen MR) is 109 cm³/mol. The number of aromatic amines is 1. The number of benzene rings is 1. The van der Waals surface area contributed by atoms with Gasteiger partial charge >= 0.3 is 5.69 Å². The average Bonchev–Trinajstić information content (AvgIpc) is 3.13. The molecule has 0 aliphatic carbocycles. The van der Waals surface area contributed by atoms with Crippen LogP contribution < -0.4 is 17.0 Å². The molecule has 0 fully saturated rings. The van der Waals surface area contributed by atoms with Gasteiger partial charge in [0.1, 0.15) is 17.2 Å². The Morgan fingerprint density at radius 3 is 2.71 bits per heavy atom. The van der Waals surface area contributed by atoms with Crippen LogP contribution in [-0.2, 0) is 6.54 Å². The fourth-order valence-electron chi connectivity index (χ4n) is 2.58. The SMILES string of the molecule is CCCn1c(N)c(C(=O)CSc2nc(-c3ccc(F)cc3)cs2)c(=O)[nH]c1=O. The van der Waals surface area contributed by atoms with Crippen LogP contribution >= 0.6 is 23.1 Å². The highest BCUT2D eigenvalue weighted by molar-refractivity contribution is 8.01. The Kier molecular flexibility index (Phi) is 6.10. The number of carbonyl (C=O) groups excluding carboxylic acids is 1. The molecule has 0 aliphatic rings. The zero-order valence-electron chi connectivity index (χ0n) is 14.9. The van der Waals surface area contributed by atoms with E-state index < -0.39 is 17.0 Å². The molecule has 2 aromatic heterocycles. The van der Waals surface area contributed by atoms with Crippen molar-refractivity contribution in [1.82, 2.24) is 14.5 Å². The van der Waals surface area contributed by atoms with Crippen molar-refractivity contribution in [2.24, 2.45) is 0 Å². The smallest absolute Gasteiger partial charge is 0.329 e. The van der Waals surface area contributed by atoms with E-state index in [9.17, 15) is 18.8 Å². The molecule has 0 unspecified atom stereocenters. The number of H-pyrrole nitrogens is 1. The van der Waals surface area contributed by atoms with Gasteiger partial charge in [0.25, 0.3) is 5.56 Å². The van der Waals surface area contributed by atoms with E-state index in [4.69, 9.17) is 5.73 Å². The highest BCUT2D eigenvalue weighted by Gasteiger charge is 2.19. The van der Waals surface area contributed by atoms with Gasteiger partial charge in [-0.15, -0.1) is 11.3 Å². The summed E-state index contributed by atoms with van der Waals surface area (Å²) in [6, 6.07) is 5.96. The number of hydrogen-bond acceptors (Lipinski definition) is 7. The van der Waals surface area contributed by atoms with Crippen molar-refractivity contribution in [3.05, 3.63) is 61.9 Å². The van der Waals surface area contributed by atoms with Crippen LogP contribution in [0.25, 0.3) is 11.3 Å². The number of ketones is 1. The standard InChI is InChI=1S/C18H17FN4O3S2/c1-2-7-23-15(20)14(16(25)22-17(23)26)13(24)9-28-18-21-12(8-27-18)10-3-5-11(19)6-4-10/h3-6,8H,2,7,9,20H2,1H3,(H,22,25,26). The van der Waals surface area contributed by atoms with E-state index in [1.807, 2.05) is 12.3 Å². The minimum Gasteiger partial charge on any atom is -0.384 e. The first-order chi connectivity index (χ1) is 13.4. The number of carbonyl (C=O) groups is 1. The minimum absolute atomic E-state index is 0.0476. The second kappa shape index (κ2) is 8.53. The number of rotatable bonds is 7. The predicted octanol–water partition coefficient (Wildman–Crippen LogP) is 2.77. The molecule has 10 heteroatoms. The molecule has 0 saturated carbocycles. The van der Waals surface area contributed by atoms with E-state index in [0.717, 1.165) is 5.56 Å². The van der Waals surface area contributed by atoms with E-state index in [-0.39, 0.29) is 23.0 Å². The molecule has 146 valence electrons. The number of hydrogen-bond donors (Lipinski definition) is 2. The van der Waals surface area contributed by atoms with E-state index in [1.54, 1.807) is 12.1 Å². The van der Waals surface area contributed by atoms with Crippen LogP contribution in [0.5, 0.6) is 0 Å². The number of nitrogens with one attached hydrogen (secondary N) is 1. The zero-order chi connectivity index (χ0) is 20.3. The molecule has 0 amide bonds. The third-order valence-electron chi connectivity index (χ3n) is 3.92. The number of nitrogen functional groups attached to an aromatic ring is 1. The van der Waals surface area contributed by atoms with Crippen LogP contribution in [0.4, 0.5) is 10.2 Å². The number of nitrogens with two attached hydrogens (primary N) is 1. The van der Waals surface area contributed by atoms with Gasteiger partial charge in [0.2, 0.25) is 0 Å². The largest absolute Gasteiger partial charge is 0.384 e. The fourth-order valence-corrected chi connectivity index (χ4v) is 4.29. The van der Waals surface area contributed by atoms with Crippen molar-refractivity contribution in [3.8, 4) is 11.3 Å². The van der Waals surface area contributed by atoms with Gasteiger partial charge in [0, 0.05) is 17.5 Å². The van der Waals surface area contributed by atoms with Gasteiger partial charge in [-0.3, -0.25) is 19.1 Å². The van der Waals surface area contributed by atoms with Crippen LogP contribution in [0.1, 0.15) is 23.7 Å². The van der Waals surface area contributed by atoms with E-state index >= 15 is 0 Å². The lowest BCUT2D eigenvalue weighted by Crippen LogP contribution is -2.36. The number of Topliss-reactive ketones (excluding diaryl/α,β-unsaturated/α-hetero) is 1. The zero-order valence-corrected chi connectivity index (χ0v) is 16.5. The van der Waals surface area contributed by atoms with Gasteiger partial charge in [0.15, 0.2) is 10.1 Å². The number of halogens is 1. The molecule has 0 aliphatic heterocycles. The molecule has 2 heterocycles. The van der Waals surface area contributed by atoms with Gasteiger partial charge in [-0.05, 0) is 30.7 Å². The second-order valence-electron chi connectivity index (χ2n) is 5.89. The molecule has 0 bridgehead atoms. The van der Waals surface area contributed by atoms with E-state index in [2.05, 4.69) is 9.97 Å². The first-order valence-corrected chi connectivity index (χ1v) is 10.3. The second-order valence-corrected chi connectivity index (χ2v) is 7.97. The number of anilines is 1. The maximum absolute atomic E-state index is 13.0. The number of thioether (sulfide) groups is 1. The van der Waals surface area contributed by atoms with Crippen LogP contribution in [0, 0.1) is 5.82 Å². The summed E-state index contributed by atoms with van der Waals surface area (Å²) >= 11 is 2.51. The molecule has 28 heavy (non-hydrogen) atoms. The van der Waals surface area contributed by atoms with Crippen LogP contribution in [-0.4, -0.2) is 26.1 Å². The molecular formula is C18H17FN4O3S2. The minimum atomic E-state index is -0.786. The van der Waals surface area contributed by atoms with Crippen LogP contribution in [0.15, 0.2) is 43.6 Å². The van der Waals surface area contributed by atoms with Gasteiger partial charge in [-0.1, -0.05) is 18.7 Å². The molecule has 0 saturated heterocycles. The normalized spacial score (nSPS) is 10.9. The van der Waals surface area contributed by atoms with Crippen molar-refractivity contribution in [3.63, 3.8) is 0 Å². The average molecular weight is 420 g/mol. The molecule has 0 radical (unpaired) electrons. The van der Waals surface area contributed by atoms with Gasteiger partial charge < -0.3 is 5.73 Å². The number of thiazole rings is 1. The van der Waals surface area contributed by atoms with Gasteiger partial charge in [-0.2, -0.15) is 0 Å². The molecule has 3 rings (SSSR count). The lowest BCUT2D eigenvalue weighted by atomic mass is 10.2. The van der Waals surface area contributed by atoms with Crippen molar-refractivity contribution in [1.29, 1.82) is 0 Å². The molecule has 0 spiro atoms. The van der Waals surface area contributed by atoms with Crippen LogP contribution in [0.2, 0.25) is 0 Å². The summed E-state index contributed by atoms with van der Waals surface area (Å²) in [5.74, 6) is -0.973. The first-order valence-electron chi connectivity index (χ1n) is 8.40. The Labute approximate surface area is 167 Å². The third-order valence-corrected chi connectivity index (χ3v) is 5.94.